The fraction of sp³-hybridized carbons (Fsp3) is 0.286. The Balaban J connectivity index is 1.98. The predicted octanol–water partition coefficient (Wildman–Crippen LogP) is 1.15. The molecule has 6 heteroatoms. The van der Waals surface area contributed by atoms with Gasteiger partial charge in [0, 0.05) is 5.39 Å². The topological polar surface area (TPSA) is 77.5 Å². The van der Waals surface area contributed by atoms with Crippen molar-refractivity contribution >= 4 is 22.1 Å². The fourth-order valence-corrected chi connectivity index (χ4v) is 2.10. The first kappa shape index (κ1) is 12.8. The van der Waals surface area contributed by atoms with Gasteiger partial charge in [-0.2, -0.15) is 0 Å². The molecule has 20 heavy (non-hydrogen) atoms. The standard InChI is InChI=1S/C14H14N2O4/c17-6-8-19-7-5-16-9-15-12-10-3-1-2-4-11(10)20-13(12)14(16)18/h1-4,9,17H,5-8H2. The number of nitrogens with zero attached hydrogens (tertiary/aromatic N) is 2. The van der Waals surface area contributed by atoms with E-state index < -0.39 is 0 Å². The first-order chi connectivity index (χ1) is 9.81. The number of aromatic nitrogens is 2. The molecule has 0 saturated carbocycles. The number of aliphatic hydroxyl groups excluding tert-OH is 1. The number of hydrogen-bond donors (Lipinski definition) is 1. The van der Waals surface area contributed by atoms with Crippen LogP contribution in [0.4, 0.5) is 0 Å². The van der Waals surface area contributed by atoms with Crippen LogP contribution in [-0.4, -0.2) is 34.5 Å². The minimum atomic E-state index is -0.223. The number of aliphatic hydroxyl groups is 1. The maximum atomic E-state index is 12.3. The molecule has 104 valence electrons. The highest BCUT2D eigenvalue weighted by molar-refractivity contribution is 6.01. The van der Waals surface area contributed by atoms with Crippen molar-refractivity contribution in [1.82, 2.24) is 9.55 Å². The summed E-state index contributed by atoms with van der Waals surface area (Å²) in [5.74, 6) is 0. The van der Waals surface area contributed by atoms with Crippen LogP contribution in [0.5, 0.6) is 0 Å². The van der Waals surface area contributed by atoms with E-state index in [0.717, 1.165) is 5.39 Å². The molecule has 0 aliphatic rings. The molecule has 3 aromatic rings. The zero-order valence-electron chi connectivity index (χ0n) is 10.8. The molecule has 1 N–H and O–H groups in total. The molecule has 0 radical (unpaired) electrons. The molecule has 3 rings (SSSR count). The van der Waals surface area contributed by atoms with Gasteiger partial charge in [0.1, 0.15) is 11.1 Å². The first-order valence-electron chi connectivity index (χ1n) is 6.36. The predicted molar refractivity (Wildman–Crippen MR) is 73.7 cm³/mol. The monoisotopic (exact) mass is 274 g/mol. The van der Waals surface area contributed by atoms with E-state index >= 15 is 0 Å². The van der Waals surface area contributed by atoms with Crippen molar-refractivity contribution in [1.29, 1.82) is 0 Å². The van der Waals surface area contributed by atoms with E-state index in [1.54, 1.807) is 0 Å². The molecule has 0 aliphatic carbocycles. The summed E-state index contributed by atoms with van der Waals surface area (Å²) < 4.78 is 12.2. The molecule has 0 fully saturated rings. The van der Waals surface area contributed by atoms with Gasteiger partial charge < -0.3 is 14.3 Å². The van der Waals surface area contributed by atoms with Crippen LogP contribution in [0.2, 0.25) is 0 Å². The SMILES string of the molecule is O=c1c2oc3ccccc3c2ncn1CCOCCO. The minimum absolute atomic E-state index is 0.0320. The average molecular weight is 274 g/mol. The number of furan rings is 1. The van der Waals surface area contributed by atoms with Crippen molar-refractivity contribution in [3.63, 3.8) is 0 Å². The molecule has 0 spiro atoms. The lowest BCUT2D eigenvalue weighted by Gasteiger charge is -2.04. The van der Waals surface area contributed by atoms with Crippen molar-refractivity contribution < 1.29 is 14.3 Å². The van der Waals surface area contributed by atoms with E-state index in [0.29, 0.717) is 24.3 Å². The molecular weight excluding hydrogens is 260 g/mol. The highest BCUT2D eigenvalue weighted by Crippen LogP contribution is 2.23. The van der Waals surface area contributed by atoms with E-state index in [1.807, 2.05) is 24.3 Å². The molecule has 0 amide bonds. The molecule has 0 aliphatic heterocycles. The molecule has 2 aromatic heterocycles. The summed E-state index contributed by atoms with van der Waals surface area (Å²) in [7, 11) is 0. The summed E-state index contributed by atoms with van der Waals surface area (Å²) in [6.07, 6.45) is 1.49. The smallest absolute Gasteiger partial charge is 0.297 e. The van der Waals surface area contributed by atoms with Crippen molar-refractivity contribution in [2.45, 2.75) is 6.54 Å². The van der Waals surface area contributed by atoms with Crippen molar-refractivity contribution in [2.75, 3.05) is 19.8 Å². The second-order valence-electron chi connectivity index (χ2n) is 4.36. The van der Waals surface area contributed by atoms with Crippen LogP contribution < -0.4 is 5.56 Å². The van der Waals surface area contributed by atoms with Crippen LogP contribution in [0, 0.1) is 0 Å². The normalized spacial score (nSPS) is 11.4. The zero-order valence-corrected chi connectivity index (χ0v) is 10.8. The quantitative estimate of drug-likeness (QED) is 0.706. The molecule has 0 saturated heterocycles. The van der Waals surface area contributed by atoms with Crippen LogP contribution in [0.15, 0.2) is 39.8 Å². The molecule has 0 bridgehead atoms. The van der Waals surface area contributed by atoms with E-state index in [1.165, 1.54) is 10.9 Å². The van der Waals surface area contributed by atoms with E-state index in [9.17, 15) is 4.79 Å². The summed E-state index contributed by atoms with van der Waals surface area (Å²) >= 11 is 0. The van der Waals surface area contributed by atoms with Gasteiger partial charge in [-0.25, -0.2) is 4.98 Å². The third-order valence-electron chi connectivity index (χ3n) is 3.06. The van der Waals surface area contributed by atoms with Crippen molar-refractivity contribution in [3.8, 4) is 0 Å². The Morgan fingerprint density at radius 1 is 1.30 bits per heavy atom. The average Bonchev–Trinajstić information content (AvgIpc) is 2.85. The summed E-state index contributed by atoms with van der Waals surface area (Å²) in [6, 6.07) is 7.42. The van der Waals surface area contributed by atoms with Gasteiger partial charge in [-0.1, -0.05) is 12.1 Å². The van der Waals surface area contributed by atoms with Crippen LogP contribution in [-0.2, 0) is 11.3 Å². The van der Waals surface area contributed by atoms with Gasteiger partial charge in [0.15, 0.2) is 0 Å². The summed E-state index contributed by atoms with van der Waals surface area (Å²) in [6.45, 7) is 0.942. The lowest BCUT2D eigenvalue weighted by atomic mass is 10.2. The number of benzene rings is 1. The fourth-order valence-electron chi connectivity index (χ4n) is 2.10. The van der Waals surface area contributed by atoms with Crippen LogP contribution in [0.3, 0.4) is 0 Å². The maximum Gasteiger partial charge on any atom is 0.297 e. The Labute approximate surface area is 114 Å². The van der Waals surface area contributed by atoms with Gasteiger partial charge >= 0.3 is 0 Å². The molecule has 0 atom stereocenters. The number of ether oxygens (including phenoxy) is 1. The van der Waals surface area contributed by atoms with E-state index in [4.69, 9.17) is 14.3 Å². The van der Waals surface area contributed by atoms with Crippen molar-refractivity contribution in [2.24, 2.45) is 0 Å². The molecular formula is C14H14N2O4. The Morgan fingerprint density at radius 2 is 2.15 bits per heavy atom. The lowest BCUT2D eigenvalue weighted by Crippen LogP contribution is -2.22. The van der Waals surface area contributed by atoms with Crippen LogP contribution in [0.25, 0.3) is 22.1 Å². The third-order valence-corrected chi connectivity index (χ3v) is 3.06. The minimum Gasteiger partial charge on any atom is -0.448 e. The van der Waals surface area contributed by atoms with E-state index in [2.05, 4.69) is 4.98 Å². The van der Waals surface area contributed by atoms with Gasteiger partial charge in [0.05, 0.1) is 32.7 Å². The second-order valence-corrected chi connectivity index (χ2v) is 4.36. The van der Waals surface area contributed by atoms with Crippen molar-refractivity contribution in [3.05, 3.63) is 40.9 Å². The second kappa shape index (κ2) is 5.44. The zero-order chi connectivity index (χ0) is 13.9. The molecule has 0 unspecified atom stereocenters. The largest absolute Gasteiger partial charge is 0.448 e. The van der Waals surface area contributed by atoms with Gasteiger partial charge in [0.25, 0.3) is 5.56 Å². The number of para-hydroxylation sites is 1. The Morgan fingerprint density at radius 3 is 3.00 bits per heavy atom. The Bertz CT molecular complexity index is 791. The number of fused-ring (bicyclic) bond motifs is 3. The highest BCUT2D eigenvalue weighted by Gasteiger charge is 2.12. The molecule has 6 nitrogen and oxygen atoms in total. The summed E-state index contributed by atoms with van der Waals surface area (Å²) in [4.78, 5) is 16.6. The number of hydrogen-bond acceptors (Lipinski definition) is 5. The van der Waals surface area contributed by atoms with Crippen LogP contribution >= 0.6 is 0 Å². The van der Waals surface area contributed by atoms with Gasteiger partial charge in [-0.05, 0) is 12.1 Å². The van der Waals surface area contributed by atoms with E-state index in [-0.39, 0.29) is 24.4 Å². The number of rotatable bonds is 5. The summed E-state index contributed by atoms with van der Waals surface area (Å²) in [5.41, 5.74) is 1.27. The summed E-state index contributed by atoms with van der Waals surface area (Å²) in [5, 5.41) is 9.46. The lowest BCUT2D eigenvalue weighted by molar-refractivity contribution is 0.0864. The molecule has 2 heterocycles. The van der Waals surface area contributed by atoms with Gasteiger partial charge in [-0.3, -0.25) is 9.36 Å². The first-order valence-corrected chi connectivity index (χ1v) is 6.36. The highest BCUT2D eigenvalue weighted by atomic mass is 16.5. The third kappa shape index (κ3) is 2.19. The molecule has 1 aromatic carbocycles. The van der Waals surface area contributed by atoms with Gasteiger partial charge in [-0.15, -0.1) is 0 Å². The Kier molecular flexibility index (Phi) is 3.49. The van der Waals surface area contributed by atoms with Crippen LogP contribution in [0.1, 0.15) is 0 Å². The maximum absolute atomic E-state index is 12.3. The Hall–Kier alpha value is -2.18. The van der Waals surface area contributed by atoms with Gasteiger partial charge in [0.2, 0.25) is 5.58 Å².